The molecular weight excluding hydrogens is 266 g/mol. The van der Waals surface area contributed by atoms with Crippen LogP contribution >= 0.6 is 0 Å². The molecule has 1 fully saturated rings. The first kappa shape index (κ1) is 14.5. The van der Waals surface area contributed by atoms with Crippen molar-refractivity contribution in [2.24, 2.45) is 0 Å². The van der Waals surface area contributed by atoms with Crippen molar-refractivity contribution in [3.05, 3.63) is 29.8 Å². The summed E-state index contributed by atoms with van der Waals surface area (Å²) in [5, 5.41) is 19.3. The van der Waals surface area contributed by atoms with E-state index in [4.69, 9.17) is 0 Å². The van der Waals surface area contributed by atoms with Gasteiger partial charge < -0.3 is 10.2 Å². The lowest BCUT2D eigenvalue weighted by Gasteiger charge is -2.19. The molecule has 2 atom stereocenters. The van der Waals surface area contributed by atoms with Crippen LogP contribution in [0.15, 0.2) is 29.2 Å². The Labute approximate surface area is 113 Å². The fourth-order valence-corrected chi connectivity index (χ4v) is 3.73. The Morgan fingerprint density at radius 3 is 2.32 bits per heavy atom. The topological polar surface area (TPSA) is 77.8 Å². The minimum absolute atomic E-state index is 0.119. The fourth-order valence-electron chi connectivity index (χ4n) is 2.18. The highest BCUT2D eigenvalue weighted by atomic mass is 32.2. The minimum atomic E-state index is -3.56. The van der Waals surface area contributed by atoms with E-state index in [-0.39, 0.29) is 11.4 Å². The zero-order valence-electron chi connectivity index (χ0n) is 11.1. The van der Waals surface area contributed by atoms with Gasteiger partial charge in [0, 0.05) is 13.1 Å². The van der Waals surface area contributed by atoms with E-state index in [0.717, 1.165) is 0 Å². The summed E-state index contributed by atoms with van der Waals surface area (Å²) in [4.78, 5) is 0.189. The Morgan fingerprint density at radius 2 is 1.89 bits per heavy atom. The van der Waals surface area contributed by atoms with Crippen LogP contribution < -0.4 is 0 Å². The zero-order chi connectivity index (χ0) is 14.3. The van der Waals surface area contributed by atoms with Gasteiger partial charge in [0.15, 0.2) is 0 Å². The van der Waals surface area contributed by atoms with E-state index in [1.165, 1.54) is 16.4 Å². The van der Waals surface area contributed by atoms with Crippen LogP contribution in [0.2, 0.25) is 0 Å². The molecule has 2 N–H and O–H groups in total. The summed E-state index contributed by atoms with van der Waals surface area (Å²) in [7, 11) is -3.56. The maximum Gasteiger partial charge on any atom is 0.243 e. The quantitative estimate of drug-likeness (QED) is 0.864. The first-order chi connectivity index (χ1) is 8.72. The lowest BCUT2D eigenvalue weighted by molar-refractivity contribution is 0.0762. The number of β-amino-alcohol motifs (C(OH)–C–C–N with tert-alkyl or cyclic N) is 1. The van der Waals surface area contributed by atoms with E-state index in [9.17, 15) is 18.6 Å². The summed E-state index contributed by atoms with van der Waals surface area (Å²) in [6.45, 7) is 3.71. The summed E-state index contributed by atoms with van der Waals surface area (Å²) >= 11 is 0. The summed E-state index contributed by atoms with van der Waals surface area (Å²) < 4.78 is 26.0. The molecule has 0 radical (unpaired) electrons. The molecule has 1 aliphatic heterocycles. The molecule has 1 aromatic rings. The second-order valence-corrected chi connectivity index (χ2v) is 7.27. The average Bonchev–Trinajstić information content (AvgIpc) is 2.70. The van der Waals surface area contributed by atoms with Gasteiger partial charge in [-0.2, -0.15) is 4.31 Å². The van der Waals surface area contributed by atoms with E-state index in [2.05, 4.69) is 0 Å². The molecule has 0 aliphatic carbocycles. The Bertz CT molecular complexity index is 549. The maximum absolute atomic E-state index is 12.4. The Morgan fingerprint density at radius 1 is 1.32 bits per heavy atom. The van der Waals surface area contributed by atoms with Crippen LogP contribution in [0, 0.1) is 0 Å². The normalized spacial score (nSPS) is 26.5. The van der Waals surface area contributed by atoms with Crippen LogP contribution in [0.3, 0.4) is 0 Å². The van der Waals surface area contributed by atoms with Crippen molar-refractivity contribution in [1.29, 1.82) is 0 Å². The fraction of sp³-hybridized carbons (Fsp3) is 0.538. The molecule has 0 aromatic heterocycles. The molecule has 19 heavy (non-hydrogen) atoms. The smallest absolute Gasteiger partial charge is 0.243 e. The van der Waals surface area contributed by atoms with Gasteiger partial charge in [-0.05, 0) is 38.0 Å². The van der Waals surface area contributed by atoms with Gasteiger partial charge in [-0.15, -0.1) is 0 Å². The number of aliphatic hydroxyl groups is 2. The van der Waals surface area contributed by atoms with Crippen LogP contribution in [0.5, 0.6) is 0 Å². The Balaban J connectivity index is 2.25. The highest BCUT2D eigenvalue weighted by Gasteiger charge is 2.38. The van der Waals surface area contributed by atoms with E-state index in [1.807, 2.05) is 0 Å². The predicted octanol–water partition coefficient (Wildman–Crippen LogP) is 0.885. The van der Waals surface area contributed by atoms with E-state index >= 15 is 0 Å². The monoisotopic (exact) mass is 285 g/mol. The van der Waals surface area contributed by atoms with Crippen molar-refractivity contribution in [3.8, 4) is 0 Å². The van der Waals surface area contributed by atoms with Crippen LogP contribution in [0.1, 0.15) is 31.9 Å². The number of nitrogens with zero attached hydrogens (tertiary/aromatic N) is 1. The molecule has 0 spiro atoms. The van der Waals surface area contributed by atoms with Crippen molar-refractivity contribution >= 4 is 10.0 Å². The number of benzene rings is 1. The van der Waals surface area contributed by atoms with Gasteiger partial charge in [-0.1, -0.05) is 12.1 Å². The molecular formula is C13H19NO4S. The Hall–Kier alpha value is -0.950. The van der Waals surface area contributed by atoms with Crippen LogP contribution in [0.25, 0.3) is 0 Å². The summed E-state index contributed by atoms with van der Waals surface area (Å²) in [6.07, 6.45) is -0.179. The lowest BCUT2D eigenvalue weighted by atomic mass is 10.1. The lowest BCUT2D eigenvalue weighted by Crippen LogP contribution is -2.33. The third-order valence-electron chi connectivity index (χ3n) is 3.42. The van der Waals surface area contributed by atoms with Crippen molar-refractivity contribution in [2.45, 2.75) is 36.9 Å². The Kier molecular flexibility index (Phi) is 3.70. The van der Waals surface area contributed by atoms with Crippen LogP contribution in [-0.4, -0.2) is 41.6 Å². The molecule has 6 heteroatoms. The van der Waals surface area contributed by atoms with Crippen molar-refractivity contribution in [1.82, 2.24) is 4.31 Å². The molecule has 1 aromatic carbocycles. The SMILES string of the molecule is CC(O)c1ccc(S(=O)(=O)N2CCC(C)(O)C2)cc1. The van der Waals surface area contributed by atoms with E-state index < -0.39 is 21.7 Å². The highest BCUT2D eigenvalue weighted by molar-refractivity contribution is 7.89. The van der Waals surface area contributed by atoms with Gasteiger partial charge in [0.1, 0.15) is 0 Å². The van der Waals surface area contributed by atoms with Gasteiger partial charge in [-0.25, -0.2) is 8.42 Å². The van der Waals surface area contributed by atoms with Crippen LogP contribution in [-0.2, 0) is 10.0 Å². The first-order valence-corrected chi connectivity index (χ1v) is 7.67. The number of rotatable bonds is 3. The summed E-state index contributed by atoms with van der Waals surface area (Å²) in [5.74, 6) is 0. The number of hydrogen-bond donors (Lipinski definition) is 2. The highest BCUT2D eigenvalue weighted by Crippen LogP contribution is 2.27. The van der Waals surface area contributed by atoms with Crippen LogP contribution in [0.4, 0.5) is 0 Å². The third-order valence-corrected chi connectivity index (χ3v) is 5.28. The molecule has 1 saturated heterocycles. The van der Waals surface area contributed by atoms with Gasteiger partial charge in [0.2, 0.25) is 10.0 Å². The van der Waals surface area contributed by atoms with Gasteiger partial charge in [-0.3, -0.25) is 0 Å². The number of aliphatic hydroxyl groups excluding tert-OH is 1. The van der Waals surface area contributed by atoms with Crippen molar-refractivity contribution in [2.75, 3.05) is 13.1 Å². The molecule has 5 nitrogen and oxygen atoms in total. The standard InChI is InChI=1S/C13H19NO4S/c1-10(15)11-3-5-12(6-4-11)19(17,18)14-8-7-13(2,16)9-14/h3-6,10,15-16H,7-9H2,1-2H3. The molecule has 0 bridgehead atoms. The molecule has 0 saturated carbocycles. The van der Waals surface area contributed by atoms with Crippen molar-refractivity contribution in [3.63, 3.8) is 0 Å². The first-order valence-electron chi connectivity index (χ1n) is 6.23. The molecule has 2 rings (SSSR count). The molecule has 0 amide bonds. The average molecular weight is 285 g/mol. The van der Waals surface area contributed by atoms with E-state index in [0.29, 0.717) is 18.5 Å². The number of hydrogen-bond acceptors (Lipinski definition) is 4. The minimum Gasteiger partial charge on any atom is -0.389 e. The van der Waals surface area contributed by atoms with Crippen molar-refractivity contribution < 1.29 is 18.6 Å². The zero-order valence-corrected chi connectivity index (χ0v) is 11.9. The molecule has 2 unspecified atom stereocenters. The molecule has 1 heterocycles. The van der Waals surface area contributed by atoms with Gasteiger partial charge >= 0.3 is 0 Å². The third kappa shape index (κ3) is 2.97. The molecule has 1 aliphatic rings. The predicted molar refractivity (Wildman–Crippen MR) is 71.1 cm³/mol. The van der Waals surface area contributed by atoms with Gasteiger partial charge in [0.25, 0.3) is 0 Å². The maximum atomic E-state index is 12.4. The second kappa shape index (κ2) is 4.86. The van der Waals surface area contributed by atoms with Gasteiger partial charge in [0.05, 0.1) is 16.6 Å². The summed E-state index contributed by atoms with van der Waals surface area (Å²) in [5.41, 5.74) is -0.278. The second-order valence-electron chi connectivity index (χ2n) is 5.33. The molecule has 106 valence electrons. The summed E-state index contributed by atoms with van der Waals surface area (Å²) in [6, 6.07) is 6.19. The number of sulfonamides is 1. The van der Waals surface area contributed by atoms with E-state index in [1.54, 1.807) is 26.0 Å². The largest absolute Gasteiger partial charge is 0.389 e.